The zero-order valence-electron chi connectivity index (χ0n) is 9.18. The Balaban J connectivity index is 5.12. The van der Waals surface area contributed by atoms with Crippen LogP contribution < -0.4 is 0 Å². The van der Waals surface area contributed by atoms with Crippen LogP contribution in [0.5, 0.6) is 0 Å². The van der Waals surface area contributed by atoms with Gasteiger partial charge in [-0.2, -0.15) is 0 Å². The van der Waals surface area contributed by atoms with Gasteiger partial charge in [-0.05, 0) is 40.2 Å². The molecule has 0 aromatic carbocycles. The molecule has 2 heteroatoms. The summed E-state index contributed by atoms with van der Waals surface area (Å²) in [6.45, 7) is 13.6. The van der Waals surface area contributed by atoms with E-state index in [9.17, 15) is 0 Å². The van der Waals surface area contributed by atoms with Crippen molar-refractivity contribution >= 4 is 11.9 Å². The van der Waals surface area contributed by atoms with Crippen molar-refractivity contribution in [3.8, 4) is 0 Å². The maximum atomic E-state index is 4.38. The zero-order valence-corrected chi connectivity index (χ0v) is 9.18. The van der Waals surface area contributed by atoms with Crippen LogP contribution in [0, 0.1) is 0 Å². The molecular weight excluding hydrogens is 160 g/mol. The molecule has 0 saturated heterocycles. The Morgan fingerprint density at radius 1 is 1.15 bits per heavy atom. The molecule has 0 unspecified atom stereocenters. The minimum atomic E-state index is 0.887. The SMILES string of the molecule is C=C(C)/C(N=C(C)C)=C(/C)N=CC. The normalized spacial score (nSPS) is 12.7. The van der Waals surface area contributed by atoms with Crippen molar-refractivity contribution in [2.75, 3.05) is 0 Å². The van der Waals surface area contributed by atoms with Crippen LogP contribution in [0.4, 0.5) is 0 Å². The highest BCUT2D eigenvalue weighted by Gasteiger charge is 2.00. The summed E-state index contributed by atoms with van der Waals surface area (Å²) in [7, 11) is 0. The van der Waals surface area contributed by atoms with Gasteiger partial charge in [-0.1, -0.05) is 6.58 Å². The second-order valence-electron chi connectivity index (χ2n) is 3.16. The van der Waals surface area contributed by atoms with Crippen molar-refractivity contribution in [3.63, 3.8) is 0 Å². The summed E-state index contributed by atoms with van der Waals surface area (Å²) in [5, 5.41) is 0. The molecule has 0 rings (SSSR count). The van der Waals surface area contributed by atoms with E-state index in [1.54, 1.807) is 6.21 Å². The van der Waals surface area contributed by atoms with Gasteiger partial charge in [0.1, 0.15) is 0 Å². The molecule has 2 nitrogen and oxygen atoms in total. The lowest BCUT2D eigenvalue weighted by Gasteiger charge is -2.03. The van der Waals surface area contributed by atoms with Crippen molar-refractivity contribution in [1.29, 1.82) is 0 Å². The molecule has 72 valence electrons. The van der Waals surface area contributed by atoms with Crippen molar-refractivity contribution in [1.82, 2.24) is 0 Å². The Hall–Kier alpha value is -1.18. The van der Waals surface area contributed by atoms with E-state index in [1.165, 1.54) is 0 Å². The highest BCUT2D eigenvalue weighted by molar-refractivity contribution is 5.80. The Morgan fingerprint density at radius 3 is 2.00 bits per heavy atom. The maximum absolute atomic E-state index is 4.38. The summed E-state index contributed by atoms with van der Waals surface area (Å²) in [4.78, 5) is 8.56. The Morgan fingerprint density at radius 2 is 1.69 bits per heavy atom. The van der Waals surface area contributed by atoms with Gasteiger partial charge < -0.3 is 0 Å². The standard InChI is InChI=1S/C11H18N2/c1-7-12-10(6)11(8(2)3)13-9(4)5/h7H,2H2,1,3-6H3/b11-10+,12-7?. The largest absolute Gasteiger partial charge is 0.264 e. The molecule has 13 heavy (non-hydrogen) atoms. The quantitative estimate of drug-likeness (QED) is 0.467. The first-order valence-corrected chi connectivity index (χ1v) is 4.36. The number of rotatable bonds is 3. The lowest BCUT2D eigenvalue weighted by atomic mass is 10.2. The van der Waals surface area contributed by atoms with Gasteiger partial charge in [0.05, 0.1) is 11.4 Å². The third-order valence-electron chi connectivity index (χ3n) is 1.41. The average molecular weight is 178 g/mol. The molecular formula is C11H18N2. The first-order chi connectivity index (χ1) is 5.99. The maximum Gasteiger partial charge on any atom is 0.0863 e. The van der Waals surface area contributed by atoms with Gasteiger partial charge in [0, 0.05) is 11.9 Å². The van der Waals surface area contributed by atoms with E-state index in [0.29, 0.717) is 0 Å². The van der Waals surface area contributed by atoms with E-state index < -0.39 is 0 Å². The van der Waals surface area contributed by atoms with Crippen molar-refractivity contribution < 1.29 is 0 Å². The van der Waals surface area contributed by atoms with Crippen molar-refractivity contribution in [2.45, 2.75) is 34.6 Å². The van der Waals surface area contributed by atoms with E-state index in [0.717, 1.165) is 22.7 Å². The van der Waals surface area contributed by atoms with Gasteiger partial charge in [-0.25, -0.2) is 0 Å². The van der Waals surface area contributed by atoms with Crippen LogP contribution in [-0.2, 0) is 0 Å². The molecule has 0 aromatic heterocycles. The fourth-order valence-electron chi connectivity index (χ4n) is 0.964. The highest BCUT2D eigenvalue weighted by atomic mass is 14.8. The molecule has 0 bridgehead atoms. The van der Waals surface area contributed by atoms with Crippen molar-refractivity contribution in [3.05, 3.63) is 23.5 Å². The van der Waals surface area contributed by atoms with Gasteiger partial charge in [-0.3, -0.25) is 9.98 Å². The zero-order chi connectivity index (χ0) is 10.4. The molecule has 0 fully saturated rings. The van der Waals surface area contributed by atoms with E-state index in [-0.39, 0.29) is 0 Å². The summed E-state index contributed by atoms with van der Waals surface area (Å²) in [6, 6.07) is 0. The van der Waals surface area contributed by atoms with Crippen LogP contribution in [-0.4, -0.2) is 11.9 Å². The number of nitrogens with zero attached hydrogens (tertiary/aromatic N) is 2. The molecule has 0 aromatic rings. The van der Waals surface area contributed by atoms with Crippen LogP contribution in [0.15, 0.2) is 33.5 Å². The van der Waals surface area contributed by atoms with E-state index in [1.807, 2.05) is 34.6 Å². The van der Waals surface area contributed by atoms with Gasteiger partial charge in [0.25, 0.3) is 0 Å². The molecule has 0 atom stereocenters. The number of hydrogen-bond donors (Lipinski definition) is 0. The Bertz CT molecular complexity index is 276. The minimum absolute atomic E-state index is 0.887. The molecule has 0 saturated carbocycles. The Labute approximate surface area is 80.8 Å². The fourth-order valence-corrected chi connectivity index (χ4v) is 0.964. The summed E-state index contributed by atoms with van der Waals surface area (Å²) in [5.74, 6) is 0. The summed E-state index contributed by atoms with van der Waals surface area (Å²) >= 11 is 0. The van der Waals surface area contributed by atoms with Gasteiger partial charge in [0.15, 0.2) is 0 Å². The van der Waals surface area contributed by atoms with Crippen LogP contribution >= 0.6 is 0 Å². The summed E-state index contributed by atoms with van der Waals surface area (Å²) in [6.07, 6.45) is 1.76. The molecule has 0 spiro atoms. The number of allylic oxidation sites excluding steroid dienone is 2. The average Bonchev–Trinajstić information content (AvgIpc) is 1.99. The predicted octanol–water partition coefficient (Wildman–Crippen LogP) is 3.37. The van der Waals surface area contributed by atoms with E-state index >= 15 is 0 Å². The smallest absolute Gasteiger partial charge is 0.0863 e. The monoisotopic (exact) mass is 178 g/mol. The summed E-state index contributed by atoms with van der Waals surface area (Å²) < 4.78 is 0. The molecule has 0 aliphatic heterocycles. The molecule has 0 aliphatic carbocycles. The molecule has 0 heterocycles. The fraction of sp³-hybridized carbons (Fsp3) is 0.455. The van der Waals surface area contributed by atoms with Gasteiger partial charge in [-0.15, -0.1) is 0 Å². The van der Waals surface area contributed by atoms with E-state index in [2.05, 4.69) is 16.6 Å². The molecule has 0 aliphatic rings. The third kappa shape index (κ3) is 4.41. The van der Waals surface area contributed by atoms with Gasteiger partial charge >= 0.3 is 0 Å². The third-order valence-corrected chi connectivity index (χ3v) is 1.41. The molecule has 0 amide bonds. The second kappa shape index (κ2) is 5.46. The summed E-state index contributed by atoms with van der Waals surface area (Å²) in [5.41, 5.74) is 3.77. The van der Waals surface area contributed by atoms with E-state index in [4.69, 9.17) is 0 Å². The lowest BCUT2D eigenvalue weighted by molar-refractivity contribution is 1.16. The topological polar surface area (TPSA) is 24.7 Å². The lowest BCUT2D eigenvalue weighted by Crippen LogP contribution is -1.90. The van der Waals surface area contributed by atoms with Crippen LogP contribution in [0.1, 0.15) is 34.6 Å². The van der Waals surface area contributed by atoms with Gasteiger partial charge in [0.2, 0.25) is 0 Å². The minimum Gasteiger partial charge on any atom is -0.264 e. The second-order valence-corrected chi connectivity index (χ2v) is 3.16. The number of hydrogen-bond acceptors (Lipinski definition) is 2. The first kappa shape index (κ1) is 11.8. The highest BCUT2D eigenvalue weighted by Crippen LogP contribution is 2.15. The van der Waals surface area contributed by atoms with Crippen LogP contribution in [0.25, 0.3) is 0 Å². The number of aliphatic imine (C=N–C) groups is 2. The first-order valence-electron chi connectivity index (χ1n) is 4.36. The van der Waals surface area contributed by atoms with Crippen LogP contribution in [0.3, 0.4) is 0 Å². The molecule has 0 N–H and O–H groups in total. The molecule has 0 radical (unpaired) electrons. The van der Waals surface area contributed by atoms with Crippen LogP contribution in [0.2, 0.25) is 0 Å². The Kier molecular flexibility index (Phi) is 4.97. The predicted molar refractivity (Wildman–Crippen MR) is 60.5 cm³/mol. The van der Waals surface area contributed by atoms with Crippen molar-refractivity contribution in [2.24, 2.45) is 9.98 Å².